The van der Waals surface area contributed by atoms with Crippen LogP contribution in [0, 0.1) is 0 Å². The molecule has 82 valence electrons. The highest BCUT2D eigenvalue weighted by atomic mass is 79.9. The van der Waals surface area contributed by atoms with Gasteiger partial charge in [0, 0.05) is 12.1 Å². The van der Waals surface area contributed by atoms with Crippen molar-refractivity contribution >= 4 is 33.3 Å². The standard InChI is InChI=1S/C10H13BrClN3/c1-10(2)4-3-5-15(10)9-7(11)8(12)13-6-14-9/h6H,3-5H2,1-2H3. The highest BCUT2D eigenvalue weighted by Gasteiger charge is 2.34. The van der Waals surface area contributed by atoms with Gasteiger partial charge in [-0.25, -0.2) is 9.97 Å². The molecule has 1 aliphatic rings. The van der Waals surface area contributed by atoms with Crippen LogP contribution in [-0.2, 0) is 0 Å². The molecule has 3 nitrogen and oxygen atoms in total. The molecule has 0 atom stereocenters. The third kappa shape index (κ3) is 1.97. The number of halogens is 2. The van der Waals surface area contributed by atoms with Crippen LogP contribution in [0.5, 0.6) is 0 Å². The fourth-order valence-electron chi connectivity index (χ4n) is 2.03. The van der Waals surface area contributed by atoms with Crippen LogP contribution in [0.2, 0.25) is 5.15 Å². The first-order valence-electron chi connectivity index (χ1n) is 4.96. The maximum absolute atomic E-state index is 5.96. The summed E-state index contributed by atoms with van der Waals surface area (Å²) < 4.78 is 0.793. The minimum absolute atomic E-state index is 0.153. The van der Waals surface area contributed by atoms with Gasteiger partial charge < -0.3 is 4.90 Å². The van der Waals surface area contributed by atoms with E-state index in [0.29, 0.717) is 5.15 Å². The molecule has 2 heterocycles. The predicted octanol–water partition coefficient (Wildman–Crippen LogP) is 3.27. The summed E-state index contributed by atoms with van der Waals surface area (Å²) in [4.78, 5) is 10.5. The summed E-state index contributed by atoms with van der Waals surface area (Å²) >= 11 is 9.40. The molecule has 2 rings (SSSR count). The summed E-state index contributed by atoms with van der Waals surface area (Å²) in [5.74, 6) is 0.900. The Morgan fingerprint density at radius 2 is 2.20 bits per heavy atom. The molecule has 0 radical (unpaired) electrons. The molecule has 5 heteroatoms. The Hall–Kier alpha value is -0.350. The second-order valence-electron chi connectivity index (χ2n) is 4.37. The van der Waals surface area contributed by atoms with Gasteiger partial charge in [-0.3, -0.25) is 0 Å². The molecule has 0 amide bonds. The van der Waals surface area contributed by atoms with Crippen molar-refractivity contribution in [2.24, 2.45) is 0 Å². The van der Waals surface area contributed by atoms with E-state index in [-0.39, 0.29) is 5.54 Å². The molecule has 1 aromatic heterocycles. The Labute approximate surface area is 103 Å². The molecular weight excluding hydrogens is 277 g/mol. The van der Waals surface area contributed by atoms with Crippen LogP contribution < -0.4 is 4.90 Å². The molecule has 0 aromatic carbocycles. The van der Waals surface area contributed by atoms with Crippen LogP contribution in [0.4, 0.5) is 5.82 Å². The molecule has 0 spiro atoms. The van der Waals surface area contributed by atoms with Crippen molar-refractivity contribution in [2.75, 3.05) is 11.4 Å². The molecular formula is C10H13BrClN3. The number of anilines is 1. The van der Waals surface area contributed by atoms with Gasteiger partial charge in [0.2, 0.25) is 0 Å². The first kappa shape index (κ1) is 11.1. The number of nitrogens with zero attached hydrogens (tertiary/aromatic N) is 3. The minimum Gasteiger partial charge on any atom is -0.350 e. The highest BCUT2D eigenvalue weighted by Crippen LogP contribution is 2.37. The second-order valence-corrected chi connectivity index (χ2v) is 5.52. The van der Waals surface area contributed by atoms with E-state index in [9.17, 15) is 0 Å². The zero-order valence-corrected chi connectivity index (χ0v) is 11.1. The Balaban J connectivity index is 2.41. The van der Waals surface area contributed by atoms with Crippen LogP contribution >= 0.6 is 27.5 Å². The normalized spacial score (nSPS) is 19.6. The van der Waals surface area contributed by atoms with Crippen LogP contribution in [0.3, 0.4) is 0 Å². The Bertz CT molecular complexity index is 381. The molecule has 0 N–H and O–H groups in total. The average molecular weight is 291 g/mol. The maximum Gasteiger partial charge on any atom is 0.148 e. The molecule has 15 heavy (non-hydrogen) atoms. The summed E-state index contributed by atoms with van der Waals surface area (Å²) in [6.07, 6.45) is 3.89. The lowest BCUT2D eigenvalue weighted by molar-refractivity contribution is 0.513. The molecule has 0 saturated carbocycles. The number of hydrogen-bond acceptors (Lipinski definition) is 3. The van der Waals surface area contributed by atoms with E-state index >= 15 is 0 Å². The van der Waals surface area contributed by atoms with Crippen molar-refractivity contribution in [2.45, 2.75) is 32.2 Å². The van der Waals surface area contributed by atoms with Crippen LogP contribution in [0.15, 0.2) is 10.8 Å². The monoisotopic (exact) mass is 289 g/mol. The van der Waals surface area contributed by atoms with Gasteiger partial charge in [-0.15, -0.1) is 0 Å². The van der Waals surface area contributed by atoms with Crippen LogP contribution in [0.1, 0.15) is 26.7 Å². The number of rotatable bonds is 1. The molecule has 0 unspecified atom stereocenters. The van der Waals surface area contributed by atoms with Gasteiger partial charge in [0.25, 0.3) is 0 Å². The predicted molar refractivity (Wildman–Crippen MR) is 65.4 cm³/mol. The second kappa shape index (κ2) is 3.91. The van der Waals surface area contributed by atoms with E-state index in [1.807, 2.05) is 0 Å². The third-order valence-electron chi connectivity index (χ3n) is 2.89. The van der Waals surface area contributed by atoms with Gasteiger partial charge in [0.05, 0.1) is 4.47 Å². The highest BCUT2D eigenvalue weighted by molar-refractivity contribution is 9.10. The SMILES string of the molecule is CC1(C)CCCN1c1ncnc(Cl)c1Br. The first-order valence-corrected chi connectivity index (χ1v) is 6.13. The van der Waals surface area contributed by atoms with Crippen molar-refractivity contribution in [3.63, 3.8) is 0 Å². The van der Waals surface area contributed by atoms with E-state index in [1.165, 1.54) is 19.2 Å². The Kier molecular flexibility index (Phi) is 2.90. The summed E-state index contributed by atoms with van der Waals surface area (Å²) in [7, 11) is 0. The van der Waals surface area contributed by atoms with E-state index in [0.717, 1.165) is 16.8 Å². The van der Waals surface area contributed by atoms with Crippen molar-refractivity contribution in [1.82, 2.24) is 9.97 Å². The van der Waals surface area contributed by atoms with E-state index < -0.39 is 0 Å². The van der Waals surface area contributed by atoms with Gasteiger partial charge >= 0.3 is 0 Å². The minimum atomic E-state index is 0.153. The molecule has 0 aliphatic carbocycles. The zero-order chi connectivity index (χ0) is 11.1. The fraction of sp³-hybridized carbons (Fsp3) is 0.600. The van der Waals surface area contributed by atoms with Gasteiger partial charge in [-0.05, 0) is 42.6 Å². The lowest BCUT2D eigenvalue weighted by Gasteiger charge is -2.33. The average Bonchev–Trinajstić information content (AvgIpc) is 2.50. The van der Waals surface area contributed by atoms with E-state index in [2.05, 4.69) is 44.6 Å². The summed E-state index contributed by atoms with van der Waals surface area (Å²) in [5, 5.41) is 0.475. The molecule has 0 bridgehead atoms. The number of aromatic nitrogens is 2. The quantitative estimate of drug-likeness (QED) is 0.743. The summed E-state index contributed by atoms with van der Waals surface area (Å²) in [6.45, 7) is 5.48. The lowest BCUT2D eigenvalue weighted by Crippen LogP contribution is -2.38. The maximum atomic E-state index is 5.96. The van der Waals surface area contributed by atoms with Crippen molar-refractivity contribution in [1.29, 1.82) is 0 Å². The molecule has 1 saturated heterocycles. The van der Waals surface area contributed by atoms with Gasteiger partial charge in [-0.1, -0.05) is 11.6 Å². The largest absolute Gasteiger partial charge is 0.350 e. The van der Waals surface area contributed by atoms with Gasteiger partial charge in [0.1, 0.15) is 17.3 Å². The van der Waals surface area contributed by atoms with Crippen molar-refractivity contribution in [3.05, 3.63) is 16.0 Å². The van der Waals surface area contributed by atoms with E-state index in [1.54, 1.807) is 0 Å². The summed E-state index contributed by atoms with van der Waals surface area (Å²) in [6, 6.07) is 0. The Morgan fingerprint density at radius 3 is 2.80 bits per heavy atom. The van der Waals surface area contributed by atoms with Crippen LogP contribution in [-0.4, -0.2) is 22.1 Å². The molecule has 1 aliphatic heterocycles. The van der Waals surface area contributed by atoms with Gasteiger partial charge in [0.15, 0.2) is 0 Å². The molecule has 1 fully saturated rings. The van der Waals surface area contributed by atoms with Gasteiger partial charge in [-0.2, -0.15) is 0 Å². The zero-order valence-electron chi connectivity index (χ0n) is 8.80. The number of hydrogen-bond donors (Lipinski definition) is 0. The third-order valence-corrected chi connectivity index (χ3v) is 4.13. The molecule has 1 aromatic rings. The lowest BCUT2D eigenvalue weighted by atomic mass is 10.0. The Morgan fingerprint density at radius 1 is 1.47 bits per heavy atom. The fourth-order valence-corrected chi connectivity index (χ4v) is 2.57. The van der Waals surface area contributed by atoms with Crippen LogP contribution in [0.25, 0.3) is 0 Å². The smallest absolute Gasteiger partial charge is 0.148 e. The van der Waals surface area contributed by atoms with E-state index in [4.69, 9.17) is 11.6 Å². The topological polar surface area (TPSA) is 29.0 Å². The summed E-state index contributed by atoms with van der Waals surface area (Å²) in [5.41, 5.74) is 0.153. The van der Waals surface area contributed by atoms with Crippen molar-refractivity contribution in [3.8, 4) is 0 Å². The first-order chi connectivity index (χ1) is 7.02. The van der Waals surface area contributed by atoms with Crippen molar-refractivity contribution < 1.29 is 0 Å².